The molecule has 3 rings (SSSR count). The first-order chi connectivity index (χ1) is 13.4. The first kappa shape index (κ1) is 18.8. The third-order valence-electron chi connectivity index (χ3n) is 3.75. The lowest BCUT2D eigenvalue weighted by Crippen LogP contribution is -2.30. The second kappa shape index (κ2) is 8.16. The van der Waals surface area contributed by atoms with Crippen molar-refractivity contribution in [1.82, 2.24) is 9.78 Å². The van der Waals surface area contributed by atoms with E-state index in [0.717, 1.165) is 0 Å². The van der Waals surface area contributed by atoms with Crippen LogP contribution in [0.15, 0.2) is 59.3 Å². The number of hydrogen-bond donors (Lipinski definition) is 1. The third-order valence-corrected chi connectivity index (χ3v) is 3.75. The maximum absolute atomic E-state index is 12.2. The lowest BCUT2D eigenvalue weighted by atomic mass is 10.2. The molecule has 0 saturated carbocycles. The molecule has 2 heterocycles. The third kappa shape index (κ3) is 4.41. The fraction of sp³-hybridized carbons (Fsp3) is 0.167. The molecule has 0 spiro atoms. The number of anilines is 1. The normalized spacial score (nSPS) is 11.6. The van der Waals surface area contributed by atoms with Gasteiger partial charge in [0.05, 0.1) is 11.5 Å². The molecule has 2 aromatic heterocycles. The van der Waals surface area contributed by atoms with E-state index in [1.54, 1.807) is 35.3 Å². The number of esters is 1. The quantitative estimate of drug-likeness (QED) is 0.376. The van der Waals surface area contributed by atoms with Crippen LogP contribution < -0.4 is 5.32 Å². The molecule has 144 valence electrons. The molecular formula is C18H16N4O6. The topological polar surface area (TPSA) is 130 Å². The largest absolute Gasteiger partial charge is 0.452 e. The minimum absolute atomic E-state index is 0.0138. The molecule has 10 nitrogen and oxygen atoms in total. The summed E-state index contributed by atoms with van der Waals surface area (Å²) >= 11 is 0. The highest BCUT2D eigenvalue weighted by Crippen LogP contribution is 2.23. The van der Waals surface area contributed by atoms with Gasteiger partial charge in [-0.3, -0.25) is 19.6 Å². The molecule has 1 amide bonds. The van der Waals surface area contributed by atoms with Crippen LogP contribution in [0, 0.1) is 10.1 Å². The number of carbonyl (C=O) groups is 2. The molecule has 1 N–H and O–H groups in total. The zero-order valence-corrected chi connectivity index (χ0v) is 14.8. The SMILES string of the molecule is CC(OC(=O)c1ccc(Cn2cccn2)o1)C(=O)Nc1ccccc1[N+](=O)[O-]. The highest BCUT2D eigenvalue weighted by molar-refractivity contribution is 5.98. The van der Waals surface area contributed by atoms with E-state index in [0.29, 0.717) is 12.3 Å². The van der Waals surface area contributed by atoms with Gasteiger partial charge in [-0.2, -0.15) is 5.10 Å². The summed E-state index contributed by atoms with van der Waals surface area (Å²) in [6.07, 6.45) is 2.18. The number of nitrogens with one attached hydrogen (secondary N) is 1. The summed E-state index contributed by atoms with van der Waals surface area (Å²) in [5.74, 6) is -1.09. The fourth-order valence-corrected chi connectivity index (χ4v) is 2.37. The number of aromatic nitrogens is 2. The monoisotopic (exact) mass is 384 g/mol. The van der Waals surface area contributed by atoms with Crippen LogP contribution in [-0.4, -0.2) is 32.7 Å². The predicted octanol–water partition coefficient (Wildman–Crippen LogP) is 2.62. The zero-order valence-electron chi connectivity index (χ0n) is 14.8. The minimum Gasteiger partial charge on any atom is -0.452 e. The van der Waals surface area contributed by atoms with Crippen LogP contribution in [0.2, 0.25) is 0 Å². The van der Waals surface area contributed by atoms with Gasteiger partial charge in [0.1, 0.15) is 11.4 Å². The van der Waals surface area contributed by atoms with Gasteiger partial charge in [-0.05, 0) is 31.2 Å². The smallest absolute Gasteiger partial charge is 0.375 e. The molecule has 3 aromatic rings. The number of ether oxygens (including phenoxy) is 1. The Morgan fingerprint density at radius 3 is 2.79 bits per heavy atom. The van der Waals surface area contributed by atoms with Gasteiger partial charge in [-0.1, -0.05) is 12.1 Å². The number of nitro groups is 1. The van der Waals surface area contributed by atoms with Crippen molar-refractivity contribution >= 4 is 23.3 Å². The van der Waals surface area contributed by atoms with Gasteiger partial charge in [0.2, 0.25) is 5.76 Å². The molecule has 28 heavy (non-hydrogen) atoms. The van der Waals surface area contributed by atoms with E-state index in [1.165, 1.54) is 31.2 Å². The van der Waals surface area contributed by atoms with Gasteiger partial charge in [-0.25, -0.2) is 4.79 Å². The lowest BCUT2D eigenvalue weighted by molar-refractivity contribution is -0.383. The summed E-state index contributed by atoms with van der Waals surface area (Å²) < 4.78 is 12.1. The van der Waals surface area contributed by atoms with Gasteiger partial charge in [-0.15, -0.1) is 0 Å². The van der Waals surface area contributed by atoms with Crippen LogP contribution in [0.25, 0.3) is 0 Å². The Kier molecular flexibility index (Phi) is 5.49. The Balaban J connectivity index is 1.60. The van der Waals surface area contributed by atoms with E-state index in [4.69, 9.17) is 9.15 Å². The molecule has 0 aliphatic rings. The standard InChI is InChI=1S/C18H16N4O6/c1-12(17(23)20-14-5-2-3-6-15(14)22(25)26)27-18(24)16-8-7-13(28-16)11-21-10-4-9-19-21/h2-10,12H,11H2,1H3,(H,20,23). The second-order valence-corrected chi connectivity index (χ2v) is 5.78. The molecule has 0 saturated heterocycles. The van der Waals surface area contributed by atoms with Crippen molar-refractivity contribution in [2.24, 2.45) is 0 Å². The van der Waals surface area contributed by atoms with Crippen molar-refractivity contribution in [3.8, 4) is 0 Å². The molecule has 1 unspecified atom stereocenters. The van der Waals surface area contributed by atoms with Crippen LogP contribution in [0.3, 0.4) is 0 Å². The van der Waals surface area contributed by atoms with Crippen molar-refractivity contribution < 1.29 is 23.7 Å². The number of carbonyl (C=O) groups excluding carboxylic acids is 2. The first-order valence-corrected chi connectivity index (χ1v) is 8.25. The highest BCUT2D eigenvalue weighted by atomic mass is 16.6. The maximum Gasteiger partial charge on any atom is 0.375 e. The Labute approximate surface area is 158 Å². The molecule has 0 bridgehead atoms. The Hall–Kier alpha value is -3.95. The Morgan fingerprint density at radius 1 is 1.29 bits per heavy atom. The van der Waals surface area contributed by atoms with Gasteiger partial charge in [0.25, 0.3) is 11.6 Å². The number of nitro benzene ring substituents is 1. The van der Waals surface area contributed by atoms with Crippen LogP contribution in [0.1, 0.15) is 23.2 Å². The summed E-state index contributed by atoms with van der Waals surface area (Å²) in [5.41, 5.74) is -0.247. The zero-order chi connectivity index (χ0) is 20.1. The number of benzene rings is 1. The van der Waals surface area contributed by atoms with Crippen molar-refractivity contribution in [2.45, 2.75) is 19.6 Å². The van der Waals surface area contributed by atoms with Crippen LogP contribution in [0.5, 0.6) is 0 Å². The second-order valence-electron chi connectivity index (χ2n) is 5.78. The van der Waals surface area contributed by atoms with Gasteiger partial charge in [0.15, 0.2) is 6.10 Å². The summed E-state index contributed by atoms with van der Waals surface area (Å²) in [6, 6.07) is 10.5. The number of hydrogen-bond acceptors (Lipinski definition) is 7. The van der Waals surface area contributed by atoms with E-state index < -0.39 is 22.9 Å². The maximum atomic E-state index is 12.2. The number of nitrogens with zero attached hydrogens (tertiary/aromatic N) is 3. The number of furan rings is 1. The number of rotatable bonds is 7. The van der Waals surface area contributed by atoms with E-state index >= 15 is 0 Å². The van der Waals surface area contributed by atoms with E-state index in [1.807, 2.05) is 0 Å². The van der Waals surface area contributed by atoms with Gasteiger partial charge >= 0.3 is 5.97 Å². The van der Waals surface area contributed by atoms with E-state index in [-0.39, 0.29) is 17.1 Å². The Bertz CT molecular complexity index is 995. The average molecular weight is 384 g/mol. The van der Waals surface area contributed by atoms with Crippen molar-refractivity contribution in [3.05, 3.63) is 76.5 Å². The molecule has 10 heteroatoms. The first-order valence-electron chi connectivity index (χ1n) is 8.25. The molecule has 1 atom stereocenters. The lowest BCUT2D eigenvalue weighted by Gasteiger charge is -2.12. The Morgan fingerprint density at radius 2 is 2.07 bits per heavy atom. The molecule has 0 radical (unpaired) electrons. The van der Waals surface area contributed by atoms with Crippen molar-refractivity contribution in [2.75, 3.05) is 5.32 Å². The summed E-state index contributed by atoms with van der Waals surface area (Å²) in [7, 11) is 0. The van der Waals surface area contributed by atoms with Crippen molar-refractivity contribution in [3.63, 3.8) is 0 Å². The van der Waals surface area contributed by atoms with Gasteiger partial charge < -0.3 is 14.5 Å². The summed E-state index contributed by atoms with van der Waals surface area (Å²) in [4.78, 5) is 34.8. The fourth-order valence-electron chi connectivity index (χ4n) is 2.37. The molecule has 0 aliphatic carbocycles. The molecule has 0 aliphatic heterocycles. The average Bonchev–Trinajstić information content (AvgIpc) is 3.34. The molecular weight excluding hydrogens is 368 g/mol. The van der Waals surface area contributed by atoms with E-state index in [2.05, 4.69) is 10.4 Å². The van der Waals surface area contributed by atoms with Gasteiger partial charge in [0, 0.05) is 18.5 Å². The van der Waals surface area contributed by atoms with Crippen LogP contribution >= 0.6 is 0 Å². The highest BCUT2D eigenvalue weighted by Gasteiger charge is 2.23. The van der Waals surface area contributed by atoms with E-state index in [9.17, 15) is 19.7 Å². The molecule has 1 aromatic carbocycles. The summed E-state index contributed by atoms with van der Waals surface area (Å²) in [5, 5.41) is 17.4. The number of para-hydroxylation sites is 2. The summed E-state index contributed by atoms with van der Waals surface area (Å²) in [6.45, 7) is 1.70. The molecule has 0 fully saturated rings. The number of amides is 1. The van der Waals surface area contributed by atoms with Crippen LogP contribution in [0.4, 0.5) is 11.4 Å². The predicted molar refractivity (Wildman–Crippen MR) is 96.6 cm³/mol. The van der Waals surface area contributed by atoms with Crippen LogP contribution in [-0.2, 0) is 16.1 Å². The minimum atomic E-state index is -1.19. The van der Waals surface area contributed by atoms with Crippen molar-refractivity contribution in [1.29, 1.82) is 0 Å².